The number of hydrogen-bond acceptors (Lipinski definition) is 1. The van der Waals surface area contributed by atoms with Gasteiger partial charge in [0.15, 0.2) is 5.78 Å². The Kier molecular flexibility index (Phi) is 2.96. The Morgan fingerprint density at radius 3 is 2.67 bits per heavy atom. The van der Waals surface area contributed by atoms with Crippen molar-refractivity contribution in [2.45, 2.75) is 6.92 Å². The first-order chi connectivity index (χ1) is 5.57. The zero-order valence-corrected chi connectivity index (χ0v) is 9.24. The highest BCUT2D eigenvalue weighted by Crippen LogP contribution is 2.20. The molecule has 1 aromatic rings. The summed E-state index contributed by atoms with van der Waals surface area (Å²) >= 11 is 8.81. The van der Waals surface area contributed by atoms with Gasteiger partial charge >= 0.3 is 0 Å². The van der Waals surface area contributed by atoms with Crippen molar-refractivity contribution in [1.82, 2.24) is 4.57 Å². The third kappa shape index (κ3) is 1.57. The highest BCUT2D eigenvalue weighted by Gasteiger charge is 2.12. The van der Waals surface area contributed by atoms with Gasteiger partial charge in [0.25, 0.3) is 0 Å². The maximum Gasteiger partial charge on any atom is 0.193 e. The molecule has 1 rings (SSSR count). The number of alkyl halides is 1. The summed E-state index contributed by atoms with van der Waals surface area (Å²) in [6.07, 6.45) is 0. The molecule has 0 spiro atoms. The van der Waals surface area contributed by atoms with E-state index in [0.717, 1.165) is 10.2 Å². The Morgan fingerprint density at radius 1 is 1.75 bits per heavy atom. The maximum absolute atomic E-state index is 11.2. The van der Waals surface area contributed by atoms with Crippen molar-refractivity contribution in [1.29, 1.82) is 0 Å². The summed E-state index contributed by atoms with van der Waals surface area (Å²) in [5.41, 5.74) is 1.69. The number of carbonyl (C=O) groups excluding carboxylic acids is 1. The van der Waals surface area contributed by atoms with E-state index < -0.39 is 0 Å². The first-order valence-corrected chi connectivity index (χ1v) is 4.81. The molecule has 0 aliphatic rings. The molecule has 0 radical (unpaired) electrons. The Morgan fingerprint density at radius 2 is 2.33 bits per heavy atom. The maximum atomic E-state index is 11.2. The van der Waals surface area contributed by atoms with E-state index in [2.05, 4.69) is 15.9 Å². The molecule has 0 fully saturated rings. The van der Waals surface area contributed by atoms with Gasteiger partial charge in [-0.25, -0.2) is 0 Å². The minimum atomic E-state index is -0.0482. The number of aromatic nitrogens is 1. The number of carbonyl (C=O) groups is 1. The lowest BCUT2D eigenvalue weighted by Gasteiger charge is -1.99. The lowest BCUT2D eigenvalue weighted by Crippen LogP contribution is -2.06. The fraction of sp³-hybridized carbons (Fsp3) is 0.375. The fourth-order valence-electron chi connectivity index (χ4n) is 1.07. The molecule has 12 heavy (non-hydrogen) atoms. The fourth-order valence-corrected chi connectivity index (χ4v) is 1.51. The molecular formula is C8H9BrClNO. The SMILES string of the molecule is Cc1cc(C(=O)CCl)n(C)c1Br. The van der Waals surface area contributed by atoms with Crippen LogP contribution >= 0.6 is 27.5 Å². The summed E-state index contributed by atoms with van der Waals surface area (Å²) < 4.78 is 2.72. The third-order valence-electron chi connectivity index (χ3n) is 1.74. The Balaban J connectivity index is 3.17. The summed E-state index contributed by atoms with van der Waals surface area (Å²) in [6.45, 7) is 1.94. The van der Waals surface area contributed by atoms with Gasteiger partial charge in [0.2, 0.25) is 0 Å². The van der Waals surface area contributed by atoms with Gasteiger partial charge in [-0.2, -0.15) is 0 Å². The molecular weight excluding hydrogens is 241 g/mol. The second-order valence-corrected chi connectivity index (χ2v) is 3.64. The molecule has 0 aliphatic heterocycles. The molecule has 0 aromatic carbocycles. The predicted molar refractivity (Wildman–Crippen MR) is 52.9 cm³/mol. The molecule has 4 heteroatoms. The van der Waals surface area contributed by atoms with Gasteiger partial charge in [-0.15, -0.1) is 11.6 Å². The van der Waals surface area contributed by atoms with E-state index in [-0.39, 0.29) is 11.7 Å². The van der Waals surface area contributed by atoms with Gasteiger partial charge in [0, 0.05) is 7.05 Å². The van der Waals surface area contributed by atoms with Crippen LogP contribution in [-0.2, 0) is 7.05 Å². The number of hydrogen-bond donors (Lipinski definition) is 0. The summed E-state index contributed by atoms with van der Waals surface area (Å²) in [7, 11) is 1.83. The summed E-state index contributed by atoms with van der Waals surface area (Å²) in [5, 5.41) is 0. The second-order valence-electron chi connectivity index (χ2n) is 2.62. The van der Waals surface area contributed by atoms with Crippen molar-refractivity contribution in [3.05, 3.63) is 21.9 Å². The van der Waals surface area contributed by atoms with E-state index in [4.69, 9.17) is 11.6 Å². The van der Waals surface area contributed by atoms with Crippen LogP contribution in [0.5, 0.6) is 0 Å². The van der Waals surface area contributed by atoms with Crippen LogP contribution in [0.2, 0.25) is 0 Å². The van der Waals surface area contributed by atoms with Gasteiger partial charge in [-0.05, 0) is 34.5 Å². The first kappa shape index (κ1) is 9.81. The first-order valence-electron chi connectivity index (χ1n) is 3.49. The number of halogens is 2. The van der Waals surface area contributed by atoms with Crippen molar-refractivity contribution >= 4 is 33.3 Å². The molecule has 0 atom stereocenters. The summed E-state index contributed by atoms with van der Waals surface area (Å²) in [4.78, 5) is 11.2. The molecule has 0 saturated carbocycles. The van der Waals surface area contributed by atoms with Crippen LogP contribution in [0.1, 0.15) is 16.1 Å². The molecule has 1 aromatic heterocycles. The Bertz CT molecular complexity index is 319. The number of nitrogens with zero attached hydrogens (tertiary/aromatic N) is 1. The van der Waals surface area contributed by atoms with Gasteiger partial charge < -0.3 is 4.57 Å². The largest absolute Gasteiger partial charge is 0.336 e. The second kappa shape index (κ2) is 3.62. The van der Waals surface area contributed by atoms with Crippen LogP contribution in [0.25, 0.3) is 0 Å². The molecule has 0 aliphatic carbocycles. The Hall–Kier alpha value is -0.280. The van der Waals surface area contributed by atoms with Gasteiger partial charge in [-0.1, -0.05) is 0 Å². The topological polar surface area (TPSA) is 22.0 Å². The molecule has 0 bridgehead atoms. The molecule has 2 nitrogen and oxygen atoms in total. The van der Waals surface area contributed by atoms with Gasteiger partial charge in [0.05, 0.1) is 16.2 Å². The minimum Gasteiger partial charge on any atom is -0.336 e. The molecule has 0 unspecified atom stereocenters. The highest BCUT2D eigenvalue weighted by atomic mass is 79.9. The van der Waals surface area contributed by atoms with Gasteiger partial charge in [0.1, 0.15) is 0 Å². The average molecular weight is 251 g/mol. The minimum absolute atomic E-state index is 0.0315. The van der Waals surface area contributed by atoms with Crippen molar-refractivity contribution in [2.24, 2.45) is 7.05 Å². The lowest BCUT2D eigenvalue weighted by molar-refractivity contribution is 0.101. The quantitative estimate of drug-likeness (QED) is 0.584. The van der Waals surface area contributed by atoms with Crippen molar-refractivity contribution in [2.75, 3.05) is 5.88 Å². The Labute approximate surface area is 84.6 Å². The van der Waals surface area contributed by atoms with Crippen LogP contribution in [0.4, 0.5) is 0 Å². The molecule has 0 saturated heterocycles. The molecule has 0 amide bonds. The van der Waals surface area contributed by atoms with Crippen molar-refractivity contribution < 1.29 is 4.79 Å². The molecule has 0 N–H and O–H groups in total. The predicted octanol–water partition coefficient (Wildman–Crippen LogP) is 2.52. The zero-order valence-electron chi connectivity index (χ0n) is 6.90. The number of Topliss-reactive ketones (excluding diaryl/α,β-unsaturated/α-hetero) is 1. The molecule has 1 heterocycles. The number of rotatable bonds is 2. The van der Waals surface area contributed by atoms with Crippen LogP contribution in [0.15, 0.2) is 10.7 Å². The highest BCUT2D eigenvalue weighted by molar-refractivity contribution is 9.10. The zero-order chi connectivity index (χ0) is 9.30. The molecule has 66 valence electrons. The van der Waals surface area contributed by atoms with Crippen molar-refractivity contribution in [3.63, 3.8) is 0 Å². The standard InChI is InChI=1S/C8H9BrClNO/c1-5-3-6(7(12)4-10)11(2)8(5)9/h3H,4H2,1-2H3. The third-order valence-corrected chi connectivity index (χ3v) is 3.14. The lowest BCUT2D eigenvalue weighted by atomic mass is 10.3. The van der Waals surface area contributed by atoms with Crippen LogP contribution in [-0.4, -0.2) is 16.2 Å². The van der Waals surface area contributed by atoms with E-state index in [1.165, 1.54) is 0 Å². The average Bonchev–Trinajstić information content (AvgIpc) is 2.32. The van der Waals surface area contributed by atoms with Gasteiger partial charge in [-0.3, -0.25) is 4.79 Å². The van der Waals surface area contributed by atoms with E-state index in [1.54, 1.807) is 4.57 Å². The number of ketones is 1. The van der Waals surface area contributed by atoms with Crippen LogP contribution < -0.4 is 0 Å². The summed E-state index contributed by atoms with van der Waals surface area (Å²) in [6, 6.07) is 1.83. The van der Waals surface area contributed by atoms with E-state index in [9.17, 15) is 4.79 Å². The summed E-state index contributed by atoms with van der Waals surface area (Å²) in [5.74, 6) is -0.0167. The normalized spacial score (nSPS) is 10.3. The van der Waals surface area contributed by atoms with Crippen LogP contribution in [0, 0.1) is 6.92 Å². The smallest absolute Gasteiger partial charge is 0.193 e. The van der Waals surface area contributed by atoms with Crippen molar-refractivity contribution in [3.8, 4) is 0 Å². The van der Waals surface area contributed by atoms with E-state index >= 15 is 0 Å². The van der Waals surface area contributed by atoms with Crippen LogP contribution in [0.3, 0.4) is 0 Å². The number of aryl methyl sites for hydroxylation is 1. The van der Waals surface area contributed by atoms with E-state index in [1.807, 2.05) is 20.0 Å². The monoisotopic (exact) mass is 249 g/mol. The van der Waals surface area contributed by atoms with E-state index in [0.29, 0.717) is 5.69 Å².